The van der Waals surface area contributed by atoms with Gasteiger partial charge in [0.25, 0.3) is 0 Å². The molecule has 2 aromatic heterocycles. The Hall–Kier alpha value is -2.43. The van der Waals surface area contributed by atoms with Gasteiger partial charge >= 0.3 is 5.56 Å². The van der Waals surface area contributed by atoms with Gasteiger partial charge in [0.05, 0.1) is 5.69 Å². The number of aryl methyl sites for hydroxylation is 2. The molecule has 0 saturated carbocycles. The predicted molar refractivity (Wildman–Crippen MR) is 82.1 cm³/mol. The molecule has 5 heteroatoms. The summed E-state index contributed by atoms with van der Waals surface area (Å²) in [6.45, 7) is 6.14. The summed E-state index contributed by atoms with van der Waals surface area (Å²) >= 11 is 0. The number of hydrogen-bond donors (Lipinski definition) is 0. The second-order valence-corrected chi connectivity index (χ2v) is 5.25. The largest absolute Gasteiger partial charge is 0.300 e. The second-order valence-electron chi connectivity index (χ2n) is 5.25. The van der Waals surface area contributed by atoms with Crippen molar-refractivity contribution in [1.82, 2.24) is 19.2 Å². The summed E-state index contributed by atoms with van der Waals surface area (Å²) in [5.74, 6) is 0.831. The van der Waals surface area contributed by atoms with Gasteiger partial charge in [0, 0.05) is 18.8 Å². The first-order chi connectivity index (χ1) is 10.1. The van der Waals surface area contributed by atoms with Gasteiger partial charge in [0.1, 0.15) is 5.82 Å². The lowest BCUT2D eigenvalue weighted by Gasteiger charge is -2.11. The van der Waals surface area contributed by atoms with E-state index in [0.717, 1.165) is 35.5 Å². The van der Waals surface area contributed by atoms with Crippen LogP contribution in [-0.4, -0.2) is 19.2 Å². The molecule has 0 aliphatic heterocycles. The molecule has 5 nitrogen and oxygen atoms in total. The highest BCUT2D eigenvalue weighted by molar-refractivity contribution is 5.47. The molecule has 2 heterocycles. The van der Waals surface area contributed by atoms with Gasteiger partial charge in [0.2, 0.25) is 5.65 Å². The van der Waals surface area contributed by atoms with Gasteiger partial charge in [-0.3, -0.25) is 13.8 Å². The summed E-state index contributed by atoms with van der Waals surface area (Å²) in [7, 11) is 0. The van der Waals surface area contributed by atoms with Crippen LogP contribution in [0, 0.1) is 13.8 Å². The second kappa shape index (κ2) is 5.16. The normalized spacial score (nSPS) is 11.2. The number of benzene rings is 1. The average Bonchev–Trinajstić information content (AvgIpc) is 2.88. The molecule has 0 aliphatic carbocycles. The zero-order valence-electron chi connectivity index (χ0n) is 12.5. The van der Waals surface area contributed by atoms with E-state index in [1.165, 1.54) is 0 Å². The Bertz CT molecular complexity index is 860. The van der Waals surface area contributed by atoms with Crippen LogP contribution in [0.4, 0.5) is 0 Å². The number of aromatic nitrogens is 4. The molecule has 0 N–H and O–H groups in total. The van der Waals surface area contributed by atoms with Crippen molar-refractivity contribution in [3.05, 3.63) is 57.9 Å². The van der Waals surface area contributed by atoms with Crippen LogP contribution in [0.15, 0.2) is 35.4 Å². The summed E-state index contributed by atoms with van der Waals surface area (Å²) in [5, 5.41) is 8.17. The molecule has 0 amide bonds. The Morgan fingerprint density at radius 1 is 1.14 bits per heavy atom. The lowest BCUT2D eigenvalue weighted by Crippen LogP contribution is -2.21. The van der Waals surface area contributed by atoms with Crippen molar-refractivity contribution in [3.8, 4) is 5.69 Å². The van der Waals surface area contributed by atoms with Gasteiger partial charge in [-0.05, 0) is 37.5 Å². The fraction of sp³-hybridized carbons (Fsp3) is 0.312. The zero-order valence-corrected chi connectivity index (χ0v) is 12.5. The quantitative estimate of drug-likeness (QED) is 0.741. The molecule has 0 saturated heterocycles. The molecule has 0 bridgehead atoms. The highest BCUT2D eigenvalue weighted by Crippen LogP contribution is 2.16. The van der Waals surface area contributed by atoms with E-state index in [-0.39, 0.29) is 5.56 Å². The minimum Gasteiger partial charge on any atom is -0.280 e. The maximum Gasteiger partial charge on any atom is 0.300 e. The van der Waals surface area contributed by atoms with Crippen molar-refractivity contribution in [2.75, 3.05) is 0 Å². The molecule has 0 aliphatic rings. The Morgan fingerprint density at radius 2 is 1.95 bits per heavy atom. The van der Waals surface area contributed by atoms with E-state index in [9.17, 15) is 4.79 Å². The zero-order chi connectivity index (χ0) is 15.0. The van der Waals surface area contributed by atoms with Crippen LogP contribution < -0.4 is 5.56 Å². The summed E-state index contributed by atoms with van der Waals surface area (Å²) < 4.78 is 3.43. The first kappa shape index (κ1) is 13.5. The van der Waals surface area contributed by atoms with Crippen LogP contribution in [0.1, 0.15) is 30.3 Å². The van der Waals surface area contributed by atoms with E-state index in [0.29, 0.717) is 5.65 Å². The van der Waals surface area contributed by atoms with Gasteiger partial charge in [-0.15, -0.1) is 10.2 Å². The van der Waals surface area contributed by atoms with Gasteiger partial charge in [-0.1, -0.05) is 19.1 Å². The van der Waals surface area contributed by atoms with E-state index in [4.69, 9.17) is 0 Å². The van der Waals surface area contributed by atoms with E-state index in [2.05, 4.69) is 17.1 Å². The van der Waals surface area contributed by atoms with E-state index < -0.39 is 0 Å². The minimum atomic E-state index is -0.138. The van der Waals surface area contributed by atoms with E-state index >= 15 is 0 Å². The molecule has 0 fully saturated rings. The Morgan fingerprint density at radius 3 is 2.71 bits per heavy atom. The van der Waals surface area contributed by atoms with Crippen molar-refractivity contribution < 1.29 is 0 Å². The molecule has 3 aromatic rings. The molecule has 0 atom stereocenters. The molecular formula is C16H18N4O. The van der Waals surface area contributed by atoms with E-state index in [1.807, 2.05) is 38.2 Å². The van der Waals surface area contributed by atoms with Crippen LogP contribution in [0.3, 0.4) is 0 Å². The Labute approximate surface area is 122 Å². The number of nitrogens with zero attached hydrogens (tertiary/aromatic N) is 4. The van der Waals surface area contributed by atoms with Crippen LogP contribution >= 0.6 is 0 Å². The van der Waals surface area contributed by atoms with Crippen molar-refractivity contribution in [2.45, 2.75) is 33.6 Å². The van der Waals surface area contributed by atoms with Crippen molar-refractivity contribution in [3.63, 3.8) is 0 Å². The summed E-state index contributed by atoms with van der Waals surface area (Å²) in [5.41, 5.74) is 3.38. The molecule has 3 rings (SSSR count). The number of fused-ring (bicyclic) bond motifs is 1. The third-order valence-electron chi connectivity index (χ3n) is 3.85. The Kier molecular flexibility index (Phi) is 3.33. The predicted octanol–water partition coefficient (Wildman–Crippen LogP) is 2.45. The fourth-order valence-electron chi connectivity index (χ4n) is 2.52. The fourth-order valence-corrected chi connectivity index (χ4v) is 2.52. The summed E-state index contributed by atoms with van der Waals surface area (Å²) in [6.07, 6.45) is 5.44. The van der Waals surface area contributed by atoms with Gasteiger partial charge < -0.3 is 0 Å². The van der Waals surface area contributed by atoms with Crippen LogP contribution in [0.5, 0.6) is 0 Å². The first-order valence-corrected chi connectivity index (χ1v) is 7.15. The van der Waals surface area contributed by atoms with Crippen molar-refractivity contribution in [1.29, 1.82) is 0 Å². The van der Waals surface area contributed by atoms with Gasteiger partial charge in [0.15, 0.2) is 0 Å². The van der Waals surface area contributed by atoms with Crippen LogP contribution in [0.2, 0.25) is 0 Å². The minimum absolute atomic E-state index is 0.138. The monoisotopic (exact) mass is 282 g/mol. The molecule has 0 unspecified atom stereocenters. The number of hydrogen-bond acceptors (Lipinski definition) is 3. The molecule has 1 aromatic carbocycles. The highest BCUT2D eigenvalue weighted by Gasteiger charge is 2.12. The van der Waals surface area contributed by atoms with Crippen molar-refractivity contribution in [2.24, 2.45) is 0 Å². The number of rotatable bonds is 3. The maximum atomic E-state index is 12.6. The topological polar surface area (TPSA) is 52.2 Å². The third kappa shape index (κ3) is 2.14. The molecule has 0 spiro atoms. The van der Waals surface area contributed by atoms with E-state index in [1.54, 1.807) is 15.2 Å². The maximum absolute atomic E-state index is 12.6. The molecule has 108 valence electrons. The molecular weight excluding hydrogens is 264 g/mol. The smallest absolute Gasteiger partial charge is 0.280 e. The molecule has 0 radical (unpaired) electrons. The SMILES string of the molecule is CCCc1nnc2c(=O)n(-c3cccc(C)c3C)ccn12. The summed E-state index contributed by atoms with van der Waals surface area (Å²) in [4.78, 5) is 12.6. The van der Waals surface area contributed by atoms with Crippen LogP contribution in [0.25, 0.3) is 11.3 Å². The average molecular weight is 282 g/mol. The molecule has 21 heavy (non-hydrogen) atoms. The highest BCUT2D eigenvalue weighted by atomic mass is 16.1. The Balaban J connectivity index is 2.24. The van der Waals surface area contributed by atoms with Gasteiger partial charge in [-0.2, -0.15) is 0 Å². The third-order valence-corrected chi connectivity index (χ3v) is 3.85. The summed E-state index contributed by atoms with van der Waals surface area (Å²) in [6, 6.07) is 5.95. The lowest BCUT2D eigenvalue weighted by atomic mass is 10.1. The lowest BCUT2D eigenvalue weighted by molar-refractivity contribution is 0.812. The van der Waals surface area contributed by atoms with Crippen molar-refractivity contribution >= 4 is 5.65 Å². The first-order valence-electron chi connectivity index (χ1n) is 7.15. The van der Waals surface area contributed by atoms with Gasteiger partial charge in [-0.25, -0.2) is 0 Å². The van der Waals surface area contributed by atoms with Crippen LogP contribution in [-0.2, 0) is 6.42 Å². The standard InChI is InChI=1S/C16H18N4O/c1-4-6-14-17-18-15-16(21)19(9-10-20(14)15)13-8-5-7-11(2)12(13)3/h5,7-10H,4,6H2,1-3H3.